The van der Waals surface area contributed by atoms with Gasteiger partial charge in [0.1, 0.15) is 0 Å². The van der Waals surface area contributed by atoms with E-state index in [1.807, 2.05) is 44.2 Å². The van der Waals surface area contributed by atoms with Crippen molar-refractivity contribution in [3.05, 3.63) is 73.1 Å². The molecule has 0 unspecified atom stereocenters. The molecule has 240 valence electrons. The fraction of sp³-hybridized carbons (Fsp3) is 0.486. The van der Waals surface area contributed by atoms with Crippen molar-refractivity contribution in [1.82, 2.24) is 4.90 Å². The number of methoxy groups -OCH3 is 1. The number of benzene rings is 2. The van der Waals surface area contributed by atoms with E-state index < -0.39 is 5.92 Å². The van der Waals surface area contributed by atoms with E-state index in [1.165, 1.54) is 0 Å². The molecule has 1 aliphatic heterocycles. The molecule has 2 aromatic carbocycles. The molecule has 3 aliphatic rings. The van der Waals surface area contributed by atoms with Gasteiger partial charge in [0.2, 0.25) is 0 Å². The van der Waals surface area contributed by atoms with Crippen molar-refractivity contribution in [3.63, 3.8) is 0 Å². The Kier molecular flexibility index (Phi) is 9.28. The number of allylic oxidation sites excluding steroid dienone is 4. The van der Waals surface area contributed by atoms with Crippen LogP contribution in [0.15, 0.2) is 52.9 Å². The summed E-state index contributed by atoms with van der Waals surface area (Å²) in [6, 6.07) is 9.66. The van der Waals surface area contributed by atoms with Crippen LogP contribution in [-0.4, -0.2) is 42.6 Å². The molecule has 8 heteroatoms. The van der Waals surface area contributed by atoms with Gasteiger partial charge in [-0.05, 0) is 101 Å². The first-order valence-electron chi connectivity index (χ1n) is 15.8. The number of ether oxygens (including phenoxy) is 2. The van der Waals surface area contributed by atoms with Crippen molar-refractivity contribution in [2.45, 2.75) is 86.5 Å². The third-order valence-corrected chi connectivity index (χ3v) is 10.1. The molecular formula is C37H45IN2O5. The van der Waals surface area contributed by atoms with E-state index in [-0.39, 0.29) is 34.9 Å². The zero-order valence-corrected chi connectivity index (χ0v) is 29.9. The summed E-state index contributed by atoms with van der Waals surface area (Å²) in [5.74, 6) is 0.382. The van der Waals surface area contributed by atoms with E-state index in [2.05, 4.69) is 67.4 Å². The maximum Gasteiger partial charge on any atom is 0.262 e. The summed E-state index contributed by atoms with van der Waals surface area (Å²) in [6.45, 7) is 15.3. The summed E-state index contributed by atoms with van der Waals surface area (Å²) < 4.78 is 12.6. The second-order valence-electron chi connectivity index (χ2n) is 14.3. The normalized spacial score (nSPS) is 19.4. The van der Waals surface area contributed by atoms with Crippen molar-refractivity contribution in [3.8, 4) is 11.5 Å². The molecule has 7 nitrogen and oxygen atoms in total. The quantitative estimate of drug-likeness (QED) is 0.278. The number of hydrogen-bond donors (Lipinski definition) is 1. The average molecular weight is 725 g/mol. The Hall–Kier alpha value is -3.14. The molecular weight excluding hydrogens is 679 g/mol. The Morgan fingerprint density at radius 1 is 0.978 bits per heavy atom. The van der Waals surface area contributed by atoms with Gasteiger partial charge in [-0.3, -0.25) is 14.4 Å². The molecule has 0 radical (unpaired) electrons. The molecule has 0 atom stereocenters. The highest BCUT2D eigenvalue weighted by molar-refractivity contribution is 14.1. The van der Waals surface area contributed by atoms with Crippen LogP contribution >= 0.6 is 22.6 Å². The Labute approximate surface area is 280 Å². The summed E-state index contributed by atoms with van der Waals surface area (Å²) in [5.41, 5.74) is 6.97. The van der Waals surface area contributed by atoms with Gasteiger partial charge in [0.15, 0.2) is 29.7 Å². The van der Waals surface area contributed by atoms with Crippen molar-refractivity contribution in [2.24, 2.45) is 10.8 Å². The van der Waals surface area contributed by atoms with Gasteiger partial charge in [0, 0.05) is 53.5 Å². The SMILES string of the molecule is CCCN1C2=C(C(=O)CC(C)(C)C2)C(c2cc(I)c(OCC(=O)Nc3cccc(C)c3C)c(OC)c2)C2=C1CC(C)(C)CC2=O. The molecule has 5 rings (SSSR count). The van der Waals surface area contributed by atoms with Gasteiger partial charge in [-0.1, -0.05) is 46.8 Å². The zero-order chi connectivity index (χ0) is 32.8. The van der Waals surface area contributed by atoms with Crippen molar-refractivity contribution in [1.29, 1.82) is 0 Å². The first-order chi connectivity index (χ1) is 21.2. The molecule has 0 saturated carbocycles. The number of carbonyl (C=O) groups is 3. The second kappa shape index (κ2) is 12.6. The number of carbonyl (C=O) groups excluding carboxylic acids is 3. The lowest BCUT2D eigenvalue weighted by atomic mass is 9.63. The summed E-state index contributed by atoms with van der Waals surface area (Å²) >= 11 is 2.20. The van der Waals surface area contributed by atoms with Crippen molar-refractivity contribution < 1.29 is 23.9 Å². The largest absolute Gasteiger partial charge is 0.493 e. The number of halogens is 1. The van der Waals surface area contributed by atoms with E-state index in [0.29, 0.717) is 24.3 Å². The first kappa shape index (κ1) is 33.2. The number of rotatable bonds is 8. The molecule has 1 amide bonds. The maximum absolute atomic E-state index is 14.0. The zero-order valence-electron chi connectivity index (χ0n) is 27.8. The highest BCUT2D eigenvalue weighted by Crippen LogP contribution is 2.55. The fourth-order valence-corrected chi connectivity index (χ4v) is 7.91. The van der Waals surface area contributed by atoms with Gasteiger partial charge in [0.05, 0.1) is 10.7 Å². The molecule has 1 heterocycles. The van der Waals surface area contributed by atoms with Gasteiger partial charge >= 0.3 is 0 Å². The van der Waals surface area contributed by atoms with Crippen LogP contribution in [0.4, 0.5) is 5.69 Å². The highest BCUT2D eigenvalue weighted by atomic mass is 127. The second-order valence-corrected chi connectivity index (χ2v) is 15.5. The fourth-order valence-electron chi connectivity index (χ4n) is 7.13. The van der Waals surface area contributed by atoms with Gasteiger partial charge in [-0.2, -0.15) is 0 Å². The van der Waals surface area contributed by atoms with Crippen LogP contribution in [0.3, 0.4) is 0 Å². The molecule has 0 aromatic heterocycles. The predicted molar refractivity (Wildman–Crippen MR) is 186 cm³/mol. The number of nitrogens with zero attached hydrogens (tertiary/aromatic N) is 1. The Bertz CT molecular complexity index is 1580. The molecule has 2 aromatic rings. The number of anilines is 1. The smallest absolute Gasteiger partial charge is 0.262 e. The van der Waals surface area contributed by atoms with Crippen molar-refractivity contribution >= 4 is 45.8 Å². The van der Waals surface area contributed by atoms with E-state index >= 15 is 0 Å². The molecule has 1 N–H and O–H groups in total. The lowest BCUT2D eigenvalue weighted by Crippen LogP contribution is -2.44. The molecule has 45 heavy (non-hydrogen) atoms. The number of Topliss-reactive ketones (excluding diaryl/α,β-unsaturated/α-hetero) is 2. The molecule has 0 spiro atoms. The number of amides is 1. The summed E-state index contributed by atoms with van der Waals surface area (Å²) in [6.07, 6.45) is 3.35. The predicted octanol–water partition coefficient (Wildman–Crippen LogP) is 8.03. The lowest BCUT2D eigenvalue weighted by Gasteiger charge is -2.49. The maximum atomic E-state index is 14.0. The van der Waals surface area contributed by atoms with E-state index in [4.69, 9.17) is 9.47 Å². The number of nitrogens with one attached hydrogen (secondary N) is 1. The summed E-state index contributed by atoms with van der Waals surface area (Å²) in [5, 5.41) is 2.94. The highest BCUT2D eigenvalue weighted by Gasteiger charge is 2.49. The molecule has 2 aliphatic carbocycles. The van der Waals surface area contributed by atoms with Crippen LogP contribution in [-0.2, 0) is 14.4 Å². The van der Waals surface area contributed by atoms with Crippen LogP contribution < -0.4 is 14.8 Å². The van der Waals surface area contributed by atoms with Gasteiger partial charge in [0.25, 0.3) is 5.91 Å². The van der Waals surface area contributed by atoms with E-state index in [1.54, 1.807) is 7.11 Å². The summed E-state index contributed by atoms with van der Waals surface area (Å²) in [7, 11) is 1.57. The first-order valence-corrected chi connectivity index (χ1v) is 16.9. The number of hydrogen-bond acceptors (Lipinski definition) is 6. The minimum atomic E-state index is -0.473. The van der Waals surface area contributed by atoms with Crippen molar-refractivity contribution in [2.75, 3.05) is 25.6 Å². The molecule has 0 bridgehead atoms. The van der Waals surface area contributed by atoms with Gasteiger partial charge in [-0.15, -0.1) is 0 Å². The van der Waals surface area contributed by atoms with Crippen LogP contribution in [0, 0.1) is 28.2 Å². The topological polar surface area (TPSA) is 84.9 Å². The minimum absolute atomic E-state index is 0.106. The van der Waals surface area contributed by atoms with Crippen LogP contribution in [0.5, 0.6) is 11.5 Å². The van der Waals surface area contributed by atoms with E-state index in [0.717, 1.165) is 74.3 Å². The Morgan fingerprint density at radius 3 is 2.13 bits per heavy atom. The monoisotopic (exact) mass is 724 g/mol. The summed E-state index contributed by atoms with van der Waals surface area (Å²) in [4.78, 5) is 43.3. The van der Waals surface area contributed by atoms with E-state index in [9.17, 15) is 14.4 Å². The Balaban J connectivity index is 1.55. The van der Waals surface area contributed by atoms with Gasteiger partial charge in [-0.25, -0.2) is 0 Å². The van der Waals surface area contributed by atoms with Gasteiger partial charge < -0.3 is 19.7 Å². The number of aryl methyl sites for hydroxylation is 1. The van der Waals surface area contributed by atoms with Crippen LogP contribution in [0.1, 0.15) is 89.3 Å². The standard InChI is InChI=1S/C37H45IN2O5/c1-9-13-40-26-16-36(4,5)18-28(41)33(26)32(34-27(40)17-37(6,7)19-29(34)42)23-14-24(38)35(30(15-23)44-8)45-20-31(43)39-25-12-10-11-21(2)22(25)3/h10-12,14-15,32H,9,13,16-20H2,1-8H3,(H,39,43). The molecule has 0 fully saturated rings. The lowest BCUT2D eigenvalue weighted by molar-refractivity contribution is -0.120. The number of ketones is 2. The molecule has 0 saturated heterocycles. The van der Waals surface area contributed by atoms with Crippen LogP contribution in [0.2, 0.25) is 0 Å². The third kappa shape index (κ3) is 6.58. The minimum Gasteiger partial charge on any atom is -0.493 e. The average Bonchev–Trinajstić information content (AvgIpc) is 2.94. The third-order valence-electron chi connectivity index (χ3n) is 9.28. The van der Waals surface area contributed by atoms with Crippen LogP contribution in [0.25, 0.3) is 0 Å². The Morgan fingerprint density at radius 2 is 1.58 bits per heavy atom.